The van der Waals surface area contributed by atoms with Crippen LogP contribution >= 0.6 is 0 Å². The second-order valence-corrected chi connectivity index (χ2v) is 8.53. The topological polar surface area (TPSA) is 51.9 Å². The van der Waals surface area contributed by atoms with E-state index in [1.54, 1.807) is 12.3 Å². The van der Waals surface area contributed by atoms with Crippen LogP contribution in [0.4, 0.5) is 0 Å². The van der Waals surface area contributed by atoms with Gasteiger partial charge in [0.25, 0.3) is 0 Å². The van der Waals surface area contributed by atoms with Gasteiger partial charge in [0.05, 0.1) is 25.1 Å². The molecule has 1 amide bonds. The van der Waals surface area contributed by atoms with E-state index in [9.17, 15) is 4.79 Å². The molecule has 2 unspecified atom stereocenters. The van der Waals surface area contributed by atoms with Crippen molar-refractivity contribution in [1.82, 2.24) is 4.90 Å². The standard InChI is InChI=1S/C27H31NO4/c1-6-30-26-20(5)27-23(24(16-31-27)21-10-8-7-9-11-21)13-22(26)17(2)12-25(29)28-14-18(3)32-19(4)15-28/h7-13,16,18-19H,6,14-15H2,1-5H3/b17-12+. The van der Waals surface area contributed by atoms with Crippen LogP contribution in [0, 0.1) is 6.92 Å². The lowest BCUT2D eigenvalue weighted by Crippen LogP contribution is -2.47. The molecule has 0 bridgehead atoms. The van der Waals surface area contributed by atoms with E-state index in [2.05, 4.69) is 18.2 Å². The number of aryl methyl sites for hydroxylation is 1. The minimum atomic E-state index is 0.000162. The number of hydrogen-bond acceptors (Lipinski definition) is 4. The molecule has 0 spiro atoms. The van der Waals surface area contributed by atoms with Gasteiger partial charge in [-0.1, -0.05) is 30.3 Å². The first kappa shape index (κ1) is 22.2. The molecule has 168 valence electrons. The fourth-order valence-electron chi connectivity index (χ4n) is 4.49. The van der Waals surface area contributed by atoms with E-state index in [4.69, 9.17) is 13.9 Å². The molecule has 2 heterocycles. The Morgan fingerprint density at radius 1 is 1.19 bits per heavy atom. The maximum Gasteiger partial charge on any atom is 0.247 e. The SMILES string of the molecule is CCOc1c(/C(C)=C/C(=O)N2CC(C)OC(C)C2)cc2c(-c3ccccc3)coc2c1C. The molecule has 1 aliphatic heterocycles. The fourth-order valence-corrected chi connectivity index (χ4v) is 4.49. The third-order valence-corrected chi connectivity index (χ3v) is 5.91. The van der Waals surface area contributed by atoms with E-state index >= 15 is 0 Å². The average molecular weight is 434 g/mol. The molecule has 1 saturated heterocycles. The zero-order valence-electron chi connectivity index (χ0n) is 19.5. The number of ether oxygens (including phenoxy) is 2. The summed E-state index contributed by atoms with van der Waals surface area (Å²) >= 11 is 0. The van der Waals surface area contributed by atoms with E-state index < -0.39 is 0 Å². The molecule has 0 saturated carbocycles. The highest BCUT2D eigenvalue weighted by Gasteiger charge is 2.25. The van der Waals surface area contributed by atoms with Crippen molar-refractivity contribution in [2.24, 2.45) is 0 Å². The Bertz CT molecular complexity index is 1140. The van der Waals surface area contributed by atoms with Gasteiger partial charge in [0.15, 0.2) is 0 Å². The highest BCUT2D eigenvalue weighted by atomic mass is 16.5. The highest BCUT2D eigenvalue weighted by molar-refractivity contribution is 6.01. The number of hydrogen-bond donors (Lipinski definition) is 0. The molecule has 1 aromatic heterocycles. The summed E-state index contributed by atoms with van der Waals surface area (Å²) in [6.07, 6.45) is 3.59. The number of rotatable bonds is 5. The first-order valence-electron chi connectivity index (χ1n) is 11.2. The number of nitrogens with zero attached hydrogens (tertiary/aromatic N) is 1. The average Bonchev–Trinajstić information content (AvgIpc) is 3.19. The maximum atomic E-state index is 13.1. The van der Waals surface area contributed by atoms with Gasteiger partial charge in [-0.25, -0.2) is 0 Å². The number of fused-ring (bicyclic) bond motifs is 1. The molecule has 5 heteroatoms. The molecule has 2 atom stereocenters. The van der Waals surface area contributed by atoms with Crippen molar-refractivity contribution in [3.63, 3.8) is 0 Å². The van der Waals surface area contributed by atoms with Crippen molar-refractivity contribution in [3.8, 4) is 16.9 Å². The Balaban J connectivity index is 1.78. The summed E-state index contributed by atoms with van der Waals surface area (Å²) in [4.78, 5) is 14.9. The number of amides is 1. The quantitative estimate of drug-likeness (QED) is 0.474. The molecule has 0 radical (unpaired) electrons. The Labute approximate surface area is 189 Å². The monoisotopic (exact) mass is 433 g/mol. The van der Waals surface area contributed by atoms with Gasteiger partial charge in [0.1, 0.15) is 11.3 Å². The van der Waals surface area contributed by atoms with E-state index in [1.807, 2.05) is 57.7 Å². The van der Waals surface area contributed by atoms with Gasteiger partial charge in [-0.05, 0) is 51.8 Å². The van der Waals surface area contributed by atoms with Crippen molar-refractivity contribution in [2.75, 3.05) is 19.7 Å². The summed E-state index contributed by atoms with van der Waals surface area (Å²) in [5, 5.41) is 1.01. The molecular weight excluding hydrogens is 402 g/mol. The number of carbonyl (C=O) groups is 1. The molecule has 2 aromatic carbocycles. The molecular formula is C27H31NO4. The summed E-state index contributed by atoms with van der Waals surface area (Å²) in [5.41, 5.74) is 5.66. The van der Waals surface area contributed by atoms with Crippen LogP contribution in [-0.4, -0.2) is 42.7 Å². The third kappa shape index (κ3) is 4.30. The lowest BCUT2D eigenvalue weighted by Gasteiger charge is -2.34. The van der Waals surface area contributed by atoms with E-state index in [0.717, 1.165) is 44.5 Å². The van der Waals surface area contributed by atoms with Crippen molar-refractivity contribution in [2.45, 2.75) is 46.8 Å². The van der Waals surface area contributed by atoms with Crippen LogP contribution in [0.25, 0.3) is 27.7 Å². The van der Waals surface area contributed by atoms with E-state index in [1.165, 1.54) is 0 Å². The second-order valence-electron chi connectivity index (χ2n) is 8.53. The van der Waals surface area contributed by atoms with Gasteiger partial charge in [-0.15, -0.1) is 0 Å². The first-order valence-corrected chi connectivity index (χ1v) is 11.2. The minimum absolute atomic E-state index is 0.000162. The Kier molecular flexibility index (Phi) is 6.38. The van der Waals surface area contributed by atoms with E-state index in [-0.39, 0.29) is 18.1 Å². The Morgan fingerprint density at radius 2 is 1.88 bits per heavy atom. The third-order valence-electron chi connectivity index (χ3n) is 5.91. The molecule has 32 heavy (non-hydrogen) atoms. The molecule has 5 nitrogen and oxygen atoms in total. The van der Waals surface area contributed by atoms with Gasteiger partial charge in [0, 0.05) is 41.2 Å². The number of benzene rings is 2. The predicted octanol–water partition coefficient (Wildman–Crippen LogP) is 5.85. The smallest absolute Gasteiger partial charge is 0.247 e. The molecule has 3 aromatic rings. The lowest BCUT2D eigenvalue weighted by molar-refractivity contribution is -0.137. The van der Waals surface area contributed by atoms with Crippen LogP contribution in [0.3, 0.4) is 0 Å². The van der Waals surface area contributed by atoms with Crippen LogP contribution in [0.15, 0.2) is 53.2 Å². The number of allylic oxidation sites excluding steroid dienone is 1. The Morgan fingerprint density at radius 3 is 2.53 bits per heavy atom. The lowest BCUT2D eigenvalue weighted by atomic mass is 9.96. The first-order chi connectivity index (χ1) is 15.4. The van der Waals surface area contributed by atoms with Crippen LogP contribution < -0.4 is 4.74 Å². The molecule has 1 aliphatic rings. The van der Waals surface area contributed by atoms with Crippen LogP contribution in [0.1, 0.15) is 38.8 Å². The Hall–Kier alpha value is -3.05. The fraction of sp³-hybridized carbons (Fsp3) is 0.370. The van der Waals surface area contributed by atoms with Crippen molar-refractivity contribution < 1.29 is 18.7 Å². The number of carbonyl (C=O) groups excluding carboxylic acids is 1. The second kappa shape index (κ2) is 9.21. The van der Waals surface area contributed by atoms with Gasteiger partial charge >= 0.3 is 0 Å². The number of morpholine rings is 1. The summed E-state index contributed by atoms with van der Waals surface area (Å²) in [6.45, 7) is 11.7. The zero-order chi connectivity index (χ0) is 22.8. The zero-order valence-corrected chi connectivity index (χ0v) is 19.5. The maximum absolute atomic E-state index is 13.1. The number of furan rings is 1. The minimum Gasteiger partial charge on any atom is -0.493 e. The van der Waals surface area contributed by atoms with Gasteiger partial charge in [-0.2, -0.15) is 0 Å². The van der Waals surface area contributed by atoms with Crippen LogP contribution in [-0.2, 0) is 9.53 Å². The van der Waals surface area contributed by atoms with Gasteiger partial charge < -0.3 is 18.8 Å². The van der Waals surface area contributed by atoms with Crippen LogP contribution in [0.5, 0.6) is 5.75 Å². The predicted molar refractivity (Wildman–Crippen MR) is 128 cm³/mol. The normalized spacial score (nSPS) is 19.4. The summed E-state index contributed by atoms with van der Waals surface area (Å²) in [5.74, 6) is 0.763. The highest BCUT2D eigenvalue weighted by Crippen LogP contribution is 2.40. The van der Waals surface area contributed by atoms with E-state index in [0.29, 0.717) is 19.7 Å². The summed E-state index contributed by atoms with van der Waals surface area (Å²) in [6, 6.07) is 12.3. The molecule has 0 aliphatic carbocycles. The molecule has 0 N–H and O–H groups in total. The van der Waals surface area contributed by atoms with Crippen molar-refractivity contribution in [3.05, 3.63) is 59.9 Å². The molecule has 1 fully saturated rings. The van der Waals surface area contributed by atoms with Gasteiger partial charge in [-0.3, -0.25) is 4.79 Å². The largest absolute Gasteiger partial charge is 0.493 e. The van der Waals surface area contributed by atoms with Gasteiger partial charge in [0.2, 0.25) is 5.91 Å². The van der Waals surface area contributed by atoms with Crippen molar-refractivity contribution >= 4 is 22.4 Å². The van der Waals surface area contributed by atoms with Crippen molar-refractivity contribution in [1.29, 1.82) is 0 Å². The molecule has 4 rings (SSSR count). The summed E-state index contributed by atoms with van der Waals surface area (Å²) < 4.78 is 17.8. The summed E-state index contributed by atoms with van der Waals surface area (Å²) in [7, 11) is 0. The van der Waals surface area contributed by atoms with Crippen LogP contribution in [0.2, 0.25) is 0 Å².